The number of nitrogens with one attached hydrogen (secondary N) is 2. The number of hydrogen-bond donors (Lipinski definition) is 3. The van der Waals surface area contributed by atoms with E-state index in [0.717, 1.165) is 25.2 Å². The van der Waals surface area contributed by atoms with E-state index in [4.69, 9.17) is 4.74 Å². The molecule has 3 N–H and O–H groups in total. The first kappa shape index (κ1) is 24.5. The lowest BCUT2D eigenvalue weighted by atomic mass is 10.1. The van der Waals surface area contributed by atoms with E-state index >= 15 is 0 Å². The summed E-state index contributed by atoms with van der Waals surface area (Å²) in [6.07, 6.45) is 2.68. The average Bonchev–Trinajstić information content (AvgIpc) is 3.38. The molecule has 1 rings (SSSR count). The van der Waals surface area contributed by atoms with Crippen LogP contribution < -0.4 is 10.6 Å². The van der Waals surface area contributed by atoms with Crippen LogP contribution in [0.2, 0.25) is 0 Å². The van der Waals surface area contributed by atoms with Gasteiger partial charge in [-0.1, -0.05) is 47.5 Å². The predicted octanol–water partition coefficient (Wildman–Crippen LogP) is 1.43. The van der Waals surface area contributed by atoms with Crippen molar-refractivity contribution in [3.05, 3.63) is 0 Å². The Morgan fingerprint density at radius 2 is 1.69 bits per heavy atom. The first-order chi connectivity index (χ1) is 12.2. The zero-order valence-corrected chi connectivity index (χ0v) is 16.8. The van der Waals surface area contributed by atoms with Crippen LogP contribution in [-0.2, 0) is 19.1 Å². The summed E-state index contributed by atoms with van der Waals surface area (Å²) < 4.78 is 4.81. The van der Waals surface area contributed by atoms with Crippen molar-refractivity contribution in [2.24, 2.45) is 11.8 Å². The highest BCUT2D eigenvalue weighted by Crippen LogP contribution is 2.09. The van der Waals surface area contributed by atoms with Crippen LogP contribution in [0.4, 0.5) is 0 Å². The van der Waals surface area contributed by atoms with Crippen LogP contribution >= 0.6 is 0 Å². The lowest BCUT2D eigenvalue weighted by Gasteiger charge is -2.16. The minimum absolute atomic E-state index is 0.149. The topological polar surface area (TPSA) is 108 Å². The van der Waals surface area contributed by atoms with Crippen LogP contribution in [0.3, 0.4) is 0 Å². The Morgan fingerprint density at radius 1 is 1.12 bits per heavy atom. The molecule has 2 atom stereocenters. The van der Waals surface area contributed by atoms with Crippen molar-refractivity contribution in [1.82, 2.24) is 10.6 Å². The average molecular weight is 373 g/mol. The molecule has 7 nitrogen and oxygen atoms in total. The van der Waals surface area contributed by atoms with Crippen molar-refractivity contribution in [2.75, 3.05) is 19.8 Å². The van der Waals surface area contributed by atoms with Gasteiger partial charge >= 0.3 is 0 Å². The zero-order chi connectivity index (χ0) is 20.1. The van der Waals surface area contributed by atoms with E-state index in [2.05, 4.69) is 45.3 Å². The number of aliphatic hydroxyl groups excluding tert-OH is 1. The van der Waals surface area contributed by atoms with Gasteiger partial charge in [0.2, 0.25) is 11.8 Å². The van der Waals surface area contributed by atoms with Gasteiger partial charge in [0, 0.05) is 6.42 Å². The second-order valence-electron chi connectivity index (χ2n) is 7.68. The third-order valence-corrected chi connectivity index (χ3v) is 3.40. The van der Waals surface area contributed by atoms with Crippen LogP contribution in [0, 0.1) is 11.8 Å². The number of ether oxygens (including phenoxy) is 1. The van der Waals surface area contributed by atoms with E-state index in [9.17, 15) is 19.5 Å². The highest BCUT2D eigenvalue weighted by atomic mass is 16.6. The summed E-state index contributed by atoms with van der Waals surface area (Å²) in [5.41, 5.74) is 0. The van der Waals surface area contributed by atoms with Gasteiger partial charge in [-0.15, -0.1) is 0 Å². The maximum Gasteiger partial charge on any atom is 0.245 e. The fraction of sp³-hybridized carbons (Fsp3) is 0.842. The van der Waals surface area contributed by atoms with Gasteiger partial charge in [-0.3, -0.25) is 14.4 Å². The van der Waals surface area contributed by atoms with Gasteiger partial charge in [0.05, 0.1) is 19.8 Å². The maximum atomic E-state index is 11.8. The smallest absolute Gasteiger partial charge is 0.245 e. The molecule has 0 radical (unpaired) electrons. The molecule has 0 aromatic carbocycles. The van der Waals surface area contributed by atoms with E-state index in [0.29, 0.717) is 18.9 Å². The highest BCUT2D eigenvalue weighted by molar-refractivity contribution is 5.93. The Kier molecular flexibility index (Phi) is 12.9. The SMILES string of the molecule is CC(C)C.CC(C)CCCCC(=O)NC(CO)C(=O)NCC(=O)C1CO1. The Labute approximate surface area is 157 Å². The van der Waals surface area contributed by atoms with E-state index in [1.807, 2.05) is 0 Å². The molecule has 0 aliphatic carbocycles. The Bertz CT molecular complexity index is 431. The molecule has 1 fully saturated rings. The Morgan fingerprint density at radius 3 is 2.15 bits per heavy atom. The number of carbonyl (C=O) groups is 3. The highest BCUT2D eigenvalue weighted by Gasteiger charge is 2.31. The second-order valence-corrected chi connectivity index (χ2v) is 7.68. The van der Waals surface area contributed by atoms with E-state index < -0.39 is 24.7 Å². The number of ketones is 1. The number of carbonyl (C=O) groups excluding carboxylic acids is 3. The van der Waals surface area contributed by atoms with Gasteiger partial charge in [0.25, 0.3) is 0 Å². The number of hydrogen-bond acceptors (Lipinski definition) is 5. The lowest BCUT2D eigenvalue weighted by Crippen LogP contribution is -2.50. The van der Waals surface area contributed by atoms with Crippen molar-refractivity contribution in [1.29, 1.82) is 0 Å². The van der Waals surface area contributed by atoms with Crippen LogP contribution in [0.1, 0.15) is 60.3 Å². The van der Waals surface area contributed by atoms with Gasteiger partial charge in [-0.2, -0.15) is 0 Å². The summed E-state index contributed by atoms with van der Waals surface area (Å²) in [6, 6.07) is -1.02. The molecule has 0 aromatic heterocycles. The third kappa shape index (κ3) is 13.8. The molecular weight excluding hydrogens is 336 g/mol. The van der Waals surface area contributed by atoms with Crippen LogP contribution in [0.25, 0.3) is 0 Å². The van der Waals surface area contributed by atoms with Crippen LogP contribution in [-0.4, -0.2) is 54.6 Å². The molecule has 2 amide bonds. The molecule has 0 aromatic rings. The summed E-state index contributed by atoms with van der Waals surface area (Å²) in [7, 11) is 0. The first-order valence-electron chi connectivity index (χ1n) is 9.49. The van der Waals surface area contributed by atoms with Gasteiger partial charge in [-0.25, -0.2) is 0 Å². The van der Waals surface area contributed by atoms with Crippen molar-refractivity contribution in [2.45, 2.75) is 72.4 Å². The molecule has 0 spiro atoms. The molecular formula is C19H36N2O5. The predicted molar refractivity (Wildman–Crippen MR) is 101 cm³/mol. The number of amides is 2. The number of Topliss-reactive ketones (excluding diaryl/α,β-unsaturated/α-hetero) is 1. The van der Waals surface area contributed by atoms with Gasteiger partial charge < -0.3 is 20.5 Å². The fourth-order valence-corrected chi connectivity index (χ4v) is 1.94. The van der Waals surface area contributed by atoms with E-state index in [1.54, 1.807) is 0 Å². The van der Waals surface area contributed by atoms with Crippen molar-refractivity contribution in [3.8, 4) is 0 Å². The van der Waals surface area contributed by atoms with Gasteiger partial charge in [0.15, 0.2) is 5.78 Å². The summed E-state index contributed by atoms with van der Waals surface area (Å²) in [4.78, 5) is 34.9. The van der Waals surface area contributed by atoms with Gasteiger partial charge in [0.1, 0.15) is 12.1 Å². The lowest BCUT2D eigenvalue weighted by molar-refractivity contribution is -0.131. The van der Waals surface area contributed by atoms with E-state index in [1.165, 1.54) is 0 Å². The Balaban J connectivity index is 0.00000141. The van der Waals surface area contributed by atoms with Crippen molar-refractivity contribution >= 4 is 17.6 Å². The standard InChI is InChI=1S/C15H26N2O5.C4H10/c1-10(2)5-3-4-6-14(20)17-11(8-18)15(21)16-7-12(19)13-9-22-13;1-4(2)3/h10-11,13,18H,3-9H2,1-2H3,(H,16,21)(H,17,20);4H,1-3H3. The maximum absolute atomic E-state index is 11.8. The summed E-state index contributed by atoms with van der Waals surface area (Å²) in [6.45, 7) is 10.5. The molecule has 152 valence electrons. The minimum Gasteiger partial charge on any atom is -0.394 e. The number of unbranched alkanes of at least 4 members (excludes halogenated alkanes) is 1. The molecule has 7 heteroatoms. The summed E-state index contributed by atoms with van der Waals surface area (Å²) in [5, 5.41) is 14.1. The largest absolute Gasteiger partial charge is 0.394 e. The van der Waals surface area contributed by atoms with Crippen molar-refractivity contribution in [3.63, 3.8) is 0 Å². The van der Waals surface area contributed by atoms with E-state index in [-0.39, 0.29) is 18.2 Å². The molecule has 0 bridgehead atoms. The van der Waals surface area contributed by atoms with Crippen LogP contribution in [0.5, 0.6) is 0 Å². The van der Waals surface area contributed by atoms with Gasteiger partial charge in [-0.05, 0) is 18.3 Å². The zero-order valence-electron chi connectivity index (χ0n) is 16.8. The molecule has 1 saturated heterocycles. The minimum atomic E-state index is -1.02. The third-order valence-electron chi connectivity index (χ3n) is 3.40. The number of rotatable bonds is 11. The number of aliphatic hydroxyl groups is 1. The molecule has 1 aliphatic heterocycles. The molecule has 1 heterocycles. The summed E-state index contributed by atoms with van der Waals surface area (Å²) in [5.74, 6) is 0.402. The quantitative estimate of drug-likeness (QED) is 0.376. The second kappa shape index (κ2) is 13.7. The number of epoxide rings is 1. The monoisotopic (exact) mass is 372 g/mol. The normalized spacial score (nSPS) is 16.5. The van der Waals surface area contributed by atoms with Crippen molar-refractivity contribution < 1.29 is 24.2 Å². The first-order valence-corrected chi connectivity index (χ1v) is 9.49. The van der Waals surface area contributed by atoms with Crippen LogP contribution in [0.15, 0.2) is 0 Å². The molecule has 0 saturated carbocycles. The summed E-state index contributed by atoms with van der Waals surface area (Å²) >= 11 is 0. The Hall–Kier alpha value is -1.47. The fourth-order valence-electron chi connectivity index (χ4n) is 1.94. The molecule has 26 heavy (non-hydrogen) atoms. The molecule has 1 aliphatic rings. The molecule has 2 unspecified atom stereocenters.